The van der Waals surface area contributed by atoms with E-state index in [0.717, 1.165) is 11.6 Å². The van der Waals surface area contributed by atoms with Gasteiger partial charge in [0.25, 0.3) is 0 Å². The van der Waals surface area contributed by atoms with Gasteiger partial charge in [0.1, 0.15) is 0 Å². The van der Waals surface area contributed by atoms with Crippen molar-refractivity contribution in [2.45, 2.75) is 27.7 Å². The largest absolute Gasteiger partial charge is 0.403 e. The van der Waals surface area contributed by atoms with Crippen LogP contribution in [0.4, 0.5) is 0 Å². The first-order valence-electron chi connectivity index (χ1n) is 7.37. The zero-order valence-corrected chi connectivity index (χ0v) is 16.5. The number of carbonyl (C=O) groups is 2. The Morgan fingerprint density at radius 1 is 0.808 bits per heavy atom. The first-order valence-corrected chi connectivity index (χ1v) is 10.7. The molecule has 1 rings (SSSR count). The van der Waals surface area contributed by atoms with Gasteiger partial charge in [0.15, 0.2) is 0 Å². The molecule has 0 aliphatic carbocycles. The fourth-order valence-corrected chi connectivity index (χ4v) is 3.96. The van der Waals surface area contributed by atoms with Crippen molar-refractivity contribution in [3.63, 3.8) is 0 Å². The van der Waals surface area contributed by atoms with E-state index in [1.807, 2.05) is 0 Å². The Kier molecular flexibility index (Phi) is 7.30. The molecule has 0 radical (unpaired) electrons. The Bertz CT molecular complexity index is 790. The third-order valence-electron chi connectivity index (χ3n) is 2.64. The average molecular weight is 402 g/mol. The summed E-state index contributed by atoms with van der Waals surface area (Å²) in [6.45, 7) is 6.18. The molecule has 0 saturated heterocycles. The van der Waals surface area contributed by atoms with Gasteiger partial charge < -0.3 is 18.8 Å². The zero-order valence-electron chi connectivity index (χ0n) is 14.7. The first kappa shape index (κ1) is 22.1. The first-order chi connectivity index (χ1) is 11.8. The van der Waals surface area contributed by atoms with Crippen molar-refractivity contribution in [1.29, 1.82) is 0 Å². The van der Waals surface area contributed by atoms with Gasteiger partial charge in [0, 0.05) is 11.6 Å². The monoisotopic (exact) mass is 402 g/mol. The van der Waals surface area contributed by atoms with Crippen molar-refractivity contribution in [3.8, 4) is 0 Å². The van der Waals surface area contributed by atoms with Gasteiger partial charge in [-0.2, -0.15) is 0 Å². The predicted octanol–water partition coefficient (Wildman–Crippen LogP) is 4.22. The number of allylic oxidation sites excluding steroid dienone is 2. The maximum Gasteiger partial charge on any atom is 0.403 e. The summed E-state index contributed by atoms with van der Waals surface area (Å²) >= 11 is 0. The van der Waals surface area contributed by atoms with Crippen LogP contribution < -0.4 is 0 Å². The fourth-order valence-electron chi connectivity index (χ4n) is 1.88. The van der Waals surface area contributed by atoms with E-state index in [9.17, 15) is 28.5 Å². The lowest BCUT2D eigenvalue weighted by atomic mass is 10.1. The summed E-state index contributed by atoms with van der Waals surface area (Å²) in [4.78, 5) is 43.7. The minimum atomic E-state index is -4.36. The highest BCUT2D eigenvalue weighted by molar-refractivity contribution is 7.57. The average Bonchev–Trinajstić information content (AvgIpc) is 2.43. The molecule has 1 aromatic carbocycles. The molecule has 1 aromatic rings. The van der Waals surface area contributed by atoms with E-state index in [2.05, 4.69) is 9.05 Å². The standard InChI is InChI=1S/C16H20O8P2/c1-11(2)9-25(19,20)23-15(17)13-7-5-6-8-14(13)16(18)24-26(21,22)10-12(3)4/h5-10H,1-4H3,(H,19,20)(H,21,22). The maximum atomic E-state index is 12.2. The minimum Gasteiger partial charge on any atom is -0.385 e. The van der Waals surface area contributed by atoms with Crippen molar-refractivity contribution in [3.05, 3.63) is 58.2 Å². The number of rotatable bonds is 6. The Morgan fingerprint density at radius 3 is 1.38 bits per heavy atom. The molecule has 2 N–H and O–H groups in total. The molecule has 26 heavy (non-hydrogen) atoms. The van der Waals surface area contributed by atoms with Crippen molar-refractivity contribution < 1.29 is 37.6 Å². The number of benzene rings is 1. The van der Waals surface area contributed by atoms with Gasteiger partial charge in [0.2, 0.25) is 0 Å². The van der Waals surface area contributed by atoms with Crippen LogP contribution in [0, 0.1) is 0 Å². The van der Waals surface area contributed by atoms with Crippen molar-refractivity contribution >= 4 is 27.1 Å². The summed E-state index contributed by atoms with van der Waals surface area (Å²) in [5.74, 6) is -0.697. The molecule has 2 atom stereocenters. The molecule has 10 heteroatoms. The summed E-state index contributed by atoms with van der Waals surface area (Å²) in [5.41, 5.74) is 0.177. The van der Waals surface area contributed by atoms with Gasteiger partial charge in [-0.25, -0.2) is 18.7 Å². The van der Waals surface area contributed by atoms with Crippen LogP contribution in [0.2, 0.25) is 0 Å². The van der Waals surface area contributed by atoms with Crippen LogP contribution in [0.1, 0.15) is 48.4 Å². The molecule has 8 nitrogen and oxygen atoms in total. The summed E-state index contributed by atoms with van der Waals surface area (Å²) in [6.07, 6.45) is 0. The van der Waals surface area contributed by atoms with Gasteiger partial charge >= 0.3 is 27.1 Å². The van der Waals surface area contributed by atoms with Crippen molar-refractivity contribution in [2.24, 2.45) is 0 Å². The summed E-state index contributed by atoms with van der Waals surface area (Å²) in [6, 6.07) is 5.13. The Hall–Kier alpha value is -1.98. The molecule has 0 heterocycles. The van der Waals surface area contributed by atoms with E-state index in [4.69, 9.17) is 0 Å². The smallest absolute Gasteiger partial charge is 0.385 e. The van der Waals surface area contributed by atoms with Gasteiger partial charge in [0.05, 0.1) is 11.1 Å². The quantitative estimate of drug-likeness (QED) is 0.677. The number of carbonyl (C=O) groups excluding carboxylic acids is 2. The van der Waals surface area contributed by atoms with E-state index in [0.29, 0.717) is 11.1 Å². The minimum absolute atomic E-state index is 0.369. The van der Waals surface area contributed by atoms with Crippen molar-refractivity contribution in [1.82, 2.24) is 0 Å². The summed E-state index contributed by atoms with van der Waals surface area (Å²) in [5, 5.41) is 0. The van der Waals surface area contributed by atoms with Crippen LogP contribution in [-0.4, -0.2) is 21.7 Å². The Labute approximate surface area is 151 Å². The second-order valence-corrected chi connectivity index (χ2v) is 8.98. The lowest BCUT2D eigenvalue weighted by molar-refractivity contribution is 0.0676. The van der Waals surface area contributed by atoms with E-state index < -0.39 is 27.1 Å². The van der Waals surface area contributed by atoms with Gasteiger partial charge in [-0.3, -0.25) is 0 Å². The maximum absolute atomic E-state index is 12.2. The highest BCUT2D eigenvalue weighted by Gasteiger charge is 2.29. The number of hydrogen-bond acceptors (Lipinski definition) is 6. The second kappa shape index (κ2) is 8.60. The molecule has 0 bridgehead atoms. The zero-order chi connectivity index (χ0) is 20.1. The van der Waals surface area contributed by atoms with Crippen LogP contribution in [0.3, 0.4) is 0 Å². The molecule has 0 aromatic heterocycles. The topological polar surface area (TPSA) is 127 Å². The Balaban J connectivity index is 3.15. The normalized spacial score (nSPS) is 15.0. The molecule has 0 aliphatic rings. The van der Waals surface area contributed by atoms with Crippen LogP contribution in [-0.2, 0) is 18.2 Å². The second-order valence-electron chi connectivity index (χ2n) is 5.84. The summed E-state index contributed by atoms with van der Waals surface area (Å²) < 4.78 is 32.9. The molecule has 0 fully saturated rings. The van der Waals surface area contributed by atoms with E-state index in [-0.39, 0.29) is 11.1 Å². The third-order valence-corrected chi connectivity index (χ3v) is 5.18. The van der Waals surface area contributed by atoms with Crippen LogP contribution >= 0.6 is 15.2 Å². The molecule has 142 valence electrons. The SMILES string of the molecule is CC(C)=CP(=O)(O)OC(=O)c1ccccc1C(=O)OP(=O)(O)C=C(C)C. The van der Waals surface area contributed by atoms with Crippen molar-refractivity contribution in [2.75, 3.05) is 0 Å². The molecule has 0 spiro atoms. The highest BCUT2D eigenvalue weighted by Crippen LogP contribution is 2.47. The number of hydrogen-bond donors (Lipinski definition) is 2. The van der Waals surface area contributed by atoms with Crippen LogP contribution in [0.25, 0.3) is 0 Å². The van der Waals surface area contributed by atoms with Gasteiger partial charge in [-0.15, -0.1) is 0 Å². The fraction of sp³-hybridized carbons (Fsp3) is 0.250. The molecule has 2 unspecified atom stereocenters. The molecule has 0 aliphatic heterocycles. The van der Waals surface area contributed by atoms with Crippen LogP contribution in [0.15, 0.2) is 47.0 Å². The van der Waals surface area contributed by atoms with Crippen LogP contribution in [0.5, 0.6) is 0 Å². The van der Waals surface area contributed by atoms with Gasteiger partial charge in [-0.05, 0) is 39.8 Å². The Morgan fingerprint density at radius 2 is 1.12 bits per heavy atom. The van der Waals surface area contributed by atoms with E-state index in [1.165, 1.54) is 24.3 Å². The molecule has 0 saturated carbocycles. The molecular weight excluding hydrogens is 382 g/mol. The van der Waals surface area contributed by atoms with Gasteiger partial charge in [-0.1, -0.05) is 23.3 Å². The van der Waals surface area contributed by atoms with E-state index >= 15 is 0 Å². The molecule has 0 amide bonds. The highest BCUT2D eigenvalue weighted by atomic mass is 31.2. The molecular formula is C16H20O8P2. The lowest BCUT2D eigenvalue weighted by Crippen LogP contribution is -2.12. The van der Waals surface area contributed by atoms with E-state index in [1.54, 1.807) is 27.7 Å². The summed E-state index contributed by atoms with van der Waals surface area (Å²) in [7, 11) is -8.72. The lowest BCUT2D eigenvalue weighted by Gasteiger charge is -2.13. The third kappa shape index (κ3) is 7.10. The predicted molar refractivity (Wildman–Crippen MR) is 95.8 cm³/mol.